The minimum Gasteiger partial charge on any atom is -0.493 e. The van der Waals surface area contributed by atoms with E-state index in [1.165, 1.54) is 0 Å². The van der Waals surface area contributed by atoms with Crippen molar-refractivity contribution >= 4 is 41.1 Å². The Balaban J connectivity index is 1.39. The molecule has 0 bridgehead atoms. The molecular formula is C43H53Cl2N7O3. The van der Waals surface area contributed by atoms with E-state index in [0.29, 0.717) is 59.5 Å². The fraction of sp³-hybridized carbons (Fsp3) is 0.488. The first-order chi connectivity index (χ1) is 26.3. The summed E-state index contributed by atoms with van der Waals surface area (Å²) in [6, 6.07) is 23.7. The third-order valence-electron chi connectivity index (χ3n) is 11.8. The van der Waals surface area contributed by atoms with Crippen LogP contribution in [0.15, 0.2) is 71.7 Å². The van der Waals surface area contributed by atoms with Gasteiger partial charge in [-0.3, -0.25) is 14.8 Å². The number of hydrogen-bond donors (Lipinski definition) is 1. The summed E-state index contributed by atoms with van der Waals surface area (Å²) >= 11 is 12.9. The van der Waals surface area contributed by atoms with Crippen LogP contribution < -0.4 is 10.1 Å². The van der Waals surface area contributed by atoms with Crippen LogP contribution in [0.5, 0.6) is 5.75 Å². The van der Waals surface area contributed by atoms with Crippen molar-refractivity contribution in [3.05, 3.63) is 99.0 Å². The maximum absolute atomic E-state index is 15.4. The van der Waals surface area contributed by atoms with Crippen LogP contribution in [-0.4, -0.2) is 96.0 Å². The molecule has 292 valence electrons. The number of carbonyl (C=O) groups is 2. The Hall–Kier alpha value is -4.30. The Labute approximate surface area is 336 Å². The number of piperazine rings is 1. The number of halogens is 2. The Kier molecular flexibility index (Phi) is 12.1. The normalized spacial score (nSPS) is 22.3. The van der Waals surface area contributed by atoms with Gasteiger partial charge >= 0.3 is 12.1 Å². The van der Waals surface area contributed by atoms with Gasteiger partial charge in [-0.15, -0.1) is 0 Å². The first-order valence-corrected chi connectivity index (χ1v) is 20.2. The van der Waals surface area contributed by atoms with Crippen LogP contribution in [0.2, 0.25) is 10.0 Å². The Morgan fingerprint density at radius 1 is 0.891 bits per heavy atom. The number of piperidine rings is 1. The predicted molar refractivity (Wildman–Crippen MR) is 219 cm³/mol. The smallest absolute Gasteiger partial charge is 0.326 e. The number of carbonyl (C=O) groups excluding carboxylic acids is 2. The van der Waals surface area contributed by atoms with E-state index < -0.39 is 16.5 Å². The predicted octanol–water partition coefficient (Wildman–Crippen LogP) is 8.41. The lowest BCUT2D eigenvalue weighted by Crippen LogP contribution is -2.61. The summed E-state index contributed by atoms with van der Waals surface area (Å²) in [7, 11) is 0. The van der Waals surface area contributed by atoms with E-state index in [1.807, 2.05) is 102 Å². The zero-order valence-electron chi connectivity index (χ0n) is 32.9. The van der Waals surface area contributed by atoms with Gasteiger partial charge in [0, 0.05) is 61.9 Å². The van der Waals surface area contributed by atoms with E-state index >= 15 is 4.79 Å². The molecule has 4 amide bonds. The number of amidine groups is 1. The quantitative estimate of drug-likeness (QED) is 0.235. The number of urea groups is 2. The standard InChI is InChI=1S/C43H53Cl2N7O3/c1-7-21-47-39(53)50-22-19-35(20-23-50)49-24-26-51(27-25-49)40(54)52-38(36-18-13-32(41(3,4)29-46)28-37(36)55-8-2)48-42(5,30-9-14-33(44)15-10-30)43(52,6)31-11-16-34(45)17-12-31/h9-18,28,35H,7-8,19-27H2,1-6H3,(H,47,53)/t42-,43+/m0/s1. The first kappa shape index (κ1) is 40.4. The molecule has 1 N–H and O–H groups in total. The van der Waals surface area contributed by atoms with Crippen LogP contribution in [0.4, 0.5) is 9.59 Å². The van der Waals surface area contributed by atoms with E-state index in [9.17, 15) is 10.1 Å². The average molecular weight is 787 g/mol. The topological polar surface area (TPSA) is 105 Å². The molecule has 0 saturated carbocycles. The lowest BCUT2D eigenvalue weighted by atomic mass is 9.71. The molecule has 2 atom stereocenters. The zero-order valence-corrected chi connectivity index (χ0v) is 34.4. The number of nitrogens with zero attached hydrogens (tertiary/aromatic N) is 6. The molecule has 55 heavy (non-hydrogen) atoms. The van der Waals surface area contributed by atoms with Gasteiger partial charge in [0.15, 0.2) is 0 Å². The molecule has 3 heterocycles. The van der Waals surface area contributed by atoms with Crippen molar-refractivity contribution in [2.45, 2.75) is 83.3 Å². The summed E-state index contributed by atoms with van der Waals surface area (Å²) in [5, 5.41) is 14.2. The van der Waals surface area contributed by atoms with Crippen molar-refractivity contribution < 1.29 is 14.3 Å². The minimum absolute atomic E-state index is 0.0176. The maximum Gasteiger partial charge on any atom is 0.326 e. The van der Waals surface area contributed by atoms with Gasteiger partial charge in [0.1, 0.15) is 22.7 Å². The van der Waals surface area contributed by atoms with Crippen LogP contribution in [0.1, 0.15) is 83.1 Å². The Morgan fingerprint density at radius 2 is 1.49 bits per heavy atom. The molecule has 10 nitrogen and oxygen atoms in total. The molecule has 3 aromatic rings. The van der Waals surface area contributed by atoms with Gasteiger partial charge in [-0.05, 0) is 107 Å². The molecule has 6 rings (SSSR count). The number of amides is 4. The molecule has 0 aliphatic carbocycles. The van der Waals surface area contributed by atoms with Crippen molar-refractivity contribution in [3.63, 3.8) is 0 Å². The van der Waals surface area contributed by atoms with Gasteiger partial charge in [-0.2, -0.15) is 5.26 Å². The van der Waals surface area contributed by atoms with E-state index in [0.717, 1.165) is 62.1 Å². The zero-order chi connectivity index (χ0) is 39.5. The second-order valence-electron chi connectivity index (χ2n) is 15.6. The van der Waals surface area contributed by atoms with Crippen molar-refractivity contribution in [2.75, 3.05) is 52.4 Å². The second kappa shape index (κ2) is 16.4. The molecule has 0 radical (unpaired) electrons. The van der Waals surface area contributed by atoms with Gasteiger partial charge in [0.2, 0.25) is 0 Å². The van der Waals surface area contributed by atoms with Gasteiger partial charge in [0.25, 0.3) is 0 Å². The maximum atomic E-state index is 15.4. The minimum atomic E-state index is -1.03. The summed E-state index contributed by atoms with van der Waals surface area (Å²) in [6.45, 7) is 16.9. The Morgan fingerprint density at radius 3 is 2.05 bits per heavy atom. The molecule has 12 heteroatoms. The van der Waals surface area contributed by atoms with Crippen LogP contribution in [0, 0.1) is 11.3 Å². The van der Waals surface area contributed by atoms with E-state index in [2.05, 4.69) is 37.1 Å². The lowest BCUT2D eigenvalue weighted by molar-refractivity contribution is 0.0581. The first-order valence-electron chi connectivity index (χ1n) is 19.4. The third-order valence-corrected chi connectivity index (χ3v) is 12.3. The van der Waals surface area contributed by atoms with Crippen LogP contribution in [0.3, 0.4) is 0 Å². The van der Waals surface area contributed by atoms with Gasteiger partial charge < -0.3 is 19.9 Å². The highest BCUT2D eigenvalue weighted by Gasteiger charge is 2.60. The van der Waals surface area contributed by atoms with E-state index in [4.69, 9.17) is 32.9 Å². The van der Waals surface area contributed by atoms with Crippen LogP contribution in [0.25, 0.3) is 0 Å². The molecule has 0 unspecified atom stereocenters. The Bertz CT molecular complexity index is 1930. The average Bonchev–Trinajstić information content (AvgIpc) is 3.44. The fourth-order valence-electron chi connectivity index (χ4n) is 8.20. The molecule has 3 aliphatic heterocycles. The highest BCUT2D eigenvalue weighted by atomic mass is 35.5. The molecule has 3 aromatic carbocycles. The third kappa shape index (κ3) is 7.76. The SMILES string of the molecule is CCCNC(=O)N1CCC(N2CCN(C(=O)N3C(c4ccc(C(C)(C)C#N)cc4OCC)=N[C@@](C)(c4ccc(Cl)cc4)[C@@]3(C)c3ccc(Cl)cc3)CC2)CC1. The van der Waals surface area contributed by atoms with Crippen molar-refractivity contribution in [1.29, 1.82) is 5.26 Å². The summed E-state index contributed by atoms with van der Waals surface area (Å²) in [5.74, 6) is 1.04. The molecular weight excluding hydrogens is 733 g/mol. The number of nitrogens with one attached hydrogen (secondary N) is 1. The van der Waals surface area contributed by atoms with Crippen LogP contribution in [-0.2, 0) is 16.5 Å². The summed E-state index contributed by atoms with van der Waals surface area (Å²) in [4.78, 5) is 41.7. The molecule has 2 saturated heterocycles. The highest BCUT2D eigenvalue weighted by Crippen LogP contribution is 2.54. The number of aliphatic imine (C=N–C) groups is 1. The highest BCUT2D eigenvalue weighted by molar-refractivity contribution is 6.30. The number of nitriles is 1. The largest absolute Gasteiger partial charge is 0.493 e. The molecule has 3 aliphatic rings. The van der Waals surface area contributed by atoms with Crippen molar-refractivity contribution in [2.24, 2.45) is 4.99 Å². The van der Waals surface area contributed by atoms with Crippen molar-refractivity contribution in [1.82, 2.24) is 24.9 Å². The summed E-state index contributed by atoms with van der Waals surface area (Å²) < 4.78 is 6.29. The van der Waals surface area contributed by atoms with Gasteiger partial charge in [0.05, 0.1) is 23.7 Å². The molecule has 0 aromatic heterocycles. The number of ether oxygens (including phenoxy) is 1. The van der Waals surface area contributed by atoms with Gasteiger partial charge in [-0.1, -0.05) is 60.5 Å². The van der Waals surface area contributed by atoms with Crippen molar-refractivity contribution in [3.8, 4) is 11.8 Å². The number of hydrogen-bond acceptors (Lipinski definition) is 6. The van der Waals surface area contributed by atoms with Crippen LogP contribution >= 0.6 is 23.2 Å². The second-order valence-corrected chi connectivity index (χ2v) is 16.4. The molecule has 0 spiro atoms. The summed E-state index contributed by atoms with van der Waals surface area (Å²) in [5.41, 5.74) is 0.460. The van der Waals surface area contributed by atoms with Gasteiger partial charge in [-0.25, -0.2) is 9.59 Å². The van der Waals surface area contributed by atoms with E-state index in [-0.39, 0.29) is 12.1 Å². The number of benzene rings is 3. The number of likely N-dealkylation sites (tertiary alicyclic amines) is 1. The summed E-state index contributed by atoms with van der Waals surface area (Å²) in [6.07, 6.45) is 2.72. The lowest BCUT2D eigenvalue weighted by Gasteiger charge is -2.48. The monoisotopic (exact) mass is 785 g/mol. The molecule has 2 fully saturated rings. The number of rotatable bonds is 9. The van der Waals surface area contributed by atoms with E-state index in [1.54, 1.807) is 0 Å². The fourth-order valence-corrected chi connectivity index (χ4v) is 8.45.